The minimum atomic E-state index is -0.519. The summed E-state index contributed by atoms with van der Waals surface area (Å²) in [7, 11) is 0. The van der Waals surface area contributed by atoms with Gasteiger partial charge in [0.25, 0.3) is 0 Å². The molecule has 0 radical (unpaired) electrons. The summed E-state index contributed by atoms with van der Waals surface area (Å²) in [5.74, 6) is -1.05. The van der Waals surface area contributed by atoms with Crippen LogP contribution in [0.2, 0.25) is 5.02 Å². The molecule has 4 nitrogen and oxygen atoms in total. The number of carbonyl (C=O) groups is 2. The van der Waals surface area contributed by atoms with Crippen LogP contribution in [0.3, 0.4) is 0 Å². The van der Waals surface area contributed by atoms with Crippen LogP contribution in [0, 0.1) is 5.82 Å². The van der Waals surface area contributed by atoms with Crippen molar-refractivity contribution in [1.29, 1.82) is 0 Å². The number of amides is 2. The van der Waals surface area contributed by atoms with E-state index in [9.17, 15) is 14.0 Å². The Balaban J connectivity index is 2.18. The second-order valence-corrected chi connectivity index (χ2v) is 4.82. The number of piperazine rings is 1. The van der Waals surface area contributed by atoms with Crippen LogP contribution in [0.1, 0.15) is 18.9 Å². The second-order valence-electron chi connectivity index (χ2n) is 4.41. The number of nitrogens with zero attached hydrogens (tertiary/aromatic N) is 1. The van der Waals surface area contributed by atoms with Gasteiger partial charge in [-0.05, 0) is 24.1 Å². The molecule has 19 heavy (non-hydrogen) atoms. The van der Waals surface area contributed by atoms with Crippen LogP contribution in [0.5, 0.6) is 0 Å². The zero-order valence-corrected chi connectivity index (χ0v) is 11.2. The zero-order valence-electron chi connectivity index (χ0n) is 10.5. The van der Waals surface area contributed by atoms with E-state index in [0.717, 1.165) is 0 Å². The number of hydrogen-bond acceptors (Lipinski definition) is 3. The van der Waals surface area contributed by atoms with Gasteiger partial charge in [-0.25, -0.2) is 4.39 Å². The van der Waals surface area contributed by atoms with Gasteiger partial charge in [0.1, 0.15) is 5.82 Å². The quantitative estimate of drug-likeness (QED) is 0.860. The predicted octanol–water partition coefficient (Wildman–Crippen LogP) is 1.72. The van der Waals surface area contributed by atoms with Gasteiger partial charge in [0.2, 0.25) is 11.8 Å². The highest BCUT2D eigenvalue weighted by atomic mass is 35.5. The van der Waals surface area contributed by atoms with Crippen molar-refractivity contribution in [3.05, 3.63) is 34.6 Å². The number of nitrogens with one attached hydrogen (secondary N) is 1. The highest BCUT2D eigenvalue weighted by Crippen LogP contribution is 2.18. The maximum Gasteiger partial charge on any atom is 0.246 e. The van der Waals surface area contributed by atoms with Crippen LogP contribution in [-0.2, 0) is 16.1 Å². The SMILES string of the molecule is CCC1NCC(=O)N(Cc2ccc(F)c(Cl)c2)C1=O. The molecule has 1 aliphatic rings. The third kappa shape index (κ3) is 2.93. The van der Waals surface area contributed by atoms with Gasteiger partial charge in [0.15, 0.2) is 0 Å². The highest BCUT2D eigenvalue weighted by Gasteiger charge is 2.32. The molecular weight excluding hydrogens is 271 g/mol. The van der Waals surface area contributed by atoms with Crippen molar-refractivity contribution < 1.29 is 14.0 Å². The molecule has 2 rings (SSSR count). The first kappa shape index (κ1) is 14.0. The summed E-state index contributed by atoms with van der Waals surface area (Å²) < 4.78 is 13.1. The molecule has 1 atom stereocenters. The Morgan fingerprint density at radius 3 is 2.84 bits per heavy atom. The molecule has 1 heterocycles. The summed E-state index contributed by atoms with van der Waals surface area (Å²) in [5.41, 5.74) is 0.629. The average molecular weight is 285 g/mol. The molecule has 1 aliphatic heterocycles. The van der Waals surface area contributed by atoms with Crippen molar-refractivity contribution in [1.82, 2.24) is 10.2 Å². The van der Waals surface area contributed by atoms with Gasteiger partial charge in [-0.2, -0.15) is 0 Å². The standard InChI is InChI=1S/C13H14ClFN2O2/c1-2-11-13(19)17(12(18)6-16-11)7-8-3-4-10(15)9(14)5-8/h3-5,11,16H,2,6-7H2,1H3. The van der Waals surface area contributed by atoms with Crippen molar-refractivity contribution in [2.24, 2.45) is 0 Å². The van der Waals surface area contributed by atoms with E-state index in [2.05, 4.69) is 5.32 Å². The van der Waals surface area contributed by atoms with Gasteiger partial charge in [0, 0.05) is 0 Å². The van der Waals surface area contributed by atoms with Crippen LogP contribution in [0.15, 0.2) is 18.2 Å². The normalized spacial score (nSPS) is 19.9. The van der Waals surface area contributed by atoms with Gasteiger partial charge in [-0.15, -0.1) is 0 Å². The van der Waals surface area contributed by atoms with Crippen molar-refractivity contribution in [3.63, 3.8) is 0 Å². The Morgan fingerprint density at radius 2 is 2.21 bits per heavy atom. The molecule has 102 valence electrons. The number of halogens is 2. The fourth-order valence-electron chi connectivity index (χ4n) is 2.01. The van der Waals surface area contributed by atoms with Gasteiger partial charge in [0.05, 0.1) is 24.2 Å². The summed E-state index contributed by atoms with van der Waals surface area (Å²) in [4.78, 5) is 25.0. The van der Waals surface area contributed by atoms with Crippen LogP contribution in [-0.4, -0.2) is 29.3 Å². The highest BCUT2D eigenvalue weighted by molar-refractivity contribution is 6.30. The summed E-state index contributed by atoms with van der Waals surface area (Å²) >= 11 is 5.68. The minimum absolute atomic E-state index is 0.0143. The average Bonchev–Trinajstić information content (AvgIpc) is 2.39. The smallest absolute Gasteiger partial charge is 0.246 e. The number of benzene rings is 1. The lowest BCUT2D eigenvalue weighted by Crippen LogP contribution is -2.57. The lowest BCUT2D eigenvalue weighted by molar-refractivity contribution is -0.150. The maximum atomic E-state index is 13.1. The lowest BCUT2D eigenvalue weighted by atomic mass is 10.1. The number of imide groups is 1. The summed E-state index contributed by atoms with van der Waals surface area (Å²) in [5, 5.41) is 2.86. The number of hydrogen-bond donors (Lipinski definition) is 1. The topological polar surface area (TPSA) is 49.4 Å². The third-order valence-electron chi connectivity index (χ3n) is 3.10. The molecular formula is C13H14ClFN2O2. The van der Waals surface area contributed by atoms with E-state index in [-0.39, 0.29) is 36.0 Å². The summed E-state index contributed by atoms with van der Waals surface area (Å²) in [6.45, 7) is 2.13. The minimum Gasteiger partial charge on any atom is -0.297 e. The van der Waals surface area contributed by atoms with E-state index in [1.165, 1.54) is 23.1 Å². The monoisotopic (exact) mass is 284 g/mol. The Kier molecular flexibility index (Phi) is 4.17. The lowest BCUT2D eigenvalue weighted by Gasteiger charge is -2.31. The fourth-order valence-corrected chi connectivity index (χ4v) is 2.21. The first-order valence-corrected chi connectivity index (χ1v) is 6.42. The Labute approximate surface area is 115 Å². The number of rotatable bonds is 3. The van der Waals surface area contributed by atoms with Crippen LogP contribution in [0.4, 0.5) is 4.39 Å². The Hall–Kier alpha value is -1.46. The van der Waals surface area contributed by atoms with E-state index in [0.29, 0.717) is 12.0 Å². The molecule has 1 N–H and O–H groups in total. The van der Waals surface area contributed by atoms with E-state index >= 15 is 0 Å². The van der Waals surface area contributed by atoms with Gasteiger partial charge in [-0.1, -0.05) is 24.6 Å². The summed E-state index contributed by atoms with van der Waals surface area (Å²) in [6, 6.07) is 3.84. The van der Waals surface area contributed by atoms with E-state index in [4.69, 9.17) is 11.6 Å². The predicted molar refractivity (Wildman–Crippen MR) is 69.0 cm³/mol. The van der Waals surface area contributed by atoms with Crippen molar-refractivity contribution in [3.8, 4) is 0 Å². The maximum absolute atomic E-state index is 13.1. The Morgan fingerprint density at radius 1 is 1.47 bits per heavy atom. The molecule has 1 aromatic rings. The zero-order chi connectivity index (χ0) is 14.0. The van der Waals surface area contributed by atoms with Crippen molar-refractivity contribution >= 4 is 23.4 Å². The number of carbonyl (C=O) groups excluding carboxylic acids is 2. The van der Waals surface area contributed by atoms with Gasteiger partial charge >= 0.3 is 0 Å². The first-order valence-electron chi connectivity index (χ1n) is 6.04. The van der Waals surface area contributed by atoms with Crippen LogP contribution < -0.4 is 5.32 Å². The molecule has 0 aliphatic carbocycles. The molecule has 2 amide bonds. The van der Waals surface area contributed by atoms with Crippen LogP contribution >= 0.6 is 11.6 Å². The van der Waals surface area contributed by atoms with Gasteiger partial charge < -0.3 is 0 Å². The molecule has 1 aromatic carbocycles. The molecule has 1 saturated heterocycles. The molecule has 1 unspecified atom stereocenters. The summed E-state index contributed by atoms with van der Waals surface area (Å²) in [6.07, 6.45) is 0.618. The van der Waals surface area contributed by atoms with E-state index < -0.39 is 5.82 Å². The van der Waals surface area contributed by atoms with Crippen LogP contribution in [0.25, 0.3) is 0 Å². The molecule has 0 aromatic heterocycles. The van der Waals surface area contributed by atoms with Crippen molar-refractivity contribution in [2.75, 3.05) is 6.54 Å². The third-order valence-corrected chi connectivity index (χ3v) is 3.39. The molecule has 0 spiro atoms. The van der Waals surface area contributed by atoms with Crippen molar-refractivity contribution in [2.45, 2.75) is 25.9 Å². The molecule has 0 saturated carbocycles. The Bertz CT molecular complexity index is 521. The van der Waals surface area contributed by atoms with E-state index in [1.807, 2.05) is 6.92 Å². The first-order chi connectivity index (χ1) is 9.02. The van der Waals surface area contributed by atoms with Gasteiger partial charge in [-0.3, -0.25) is 19.8 Å². The fraction of sp³-hybridized carbons (Fsp3) is 0.385. The largest absolute Gasteiger partial charge is 0.297 e. The second kappa shape index (κ2) is 5.67. The van der Waals surface area contributed by atoms with E-state index in [1.54, 1.807) is 0 Å². The molecule has 6 heteroatoms. The molecule has 1 fully saturated rings. The molecule has 0 bridgehead atoms.